The molecule has 2 amide bonds. The van der Waals surface area contributed by atoms with Crippen LogP contribution in [0.2, 0.25) is 5.02 Å². The second kappa shape index (κ2) is 5.59. The number of carbonyl (C=O) groups is 1. The van der Waals surface area contributed by atoms with Crippen LogP contribution >= 0.6 is 11.6 Å². The molecule has 1 saturated heterocycles. The third kappa shape index (κ3) is 2.76. The van der Waals surface area contributed by atoms with E-state index in [4.69, 9.17) is 17.3 Å². The second-order valence-corrected chi connectivity index (χ2v) is 5.03. The SMILES string of the molecule is Cc1ccc(NC(=O)N2CCCC2CN)cc1Cl. The number of amides is 2. The van der Waals surface area contributed by atoms with Crippen LogP contribution in [0.1, 0.15) is 18.4 Å². The lowest BCUT2D eigenvalue weighted by atomic mass is 10.2. The molecule has 0 saturated carbocycles. The van der Waals surface area contributed by atoms with Gasteiger partial charge in [-0.05, 0) is 37.5 Å². The Hall–Kier alpha value is -1.26. The van der Waals surface area contributed by atoms with Crippen LogP contribution in [0.3, 0.4) is 0 Å². The molecule has 4 nitrogen and oxygen atoms in total. The molecule has 1 heterocycles. The third-order valence-electron chi connectivity index (χ3n) is 3.33. The number of aryl methyl sites for hydroxylation is 1. The summed E-state index contributed by atoms with van der Waals surface area (Å²) in [5.74, 6) is 0. The van der Waals surface area contributed by atoms with E-state index in [2.05, 4.69) is 5.32 Å². The van der Waals surface area contributed by atoms with Gasteiger partial charge in [-0.1, -0.05) is 17.7 Å². The normalized spacial score (nSPS) is 19.1. The fourth-order valence-electron chi connectivity index (χ4n) is 2.21. The Bertz CT molecular complexity index is 450. The van der Waals surface area contributed by atoms with Crippen LogP contribution in [-0.2, 0) is 0 Å². The largest absolute Gasteiger partial charge is 0.328 e. The maximum absolute atomic E-state index is 12.1. The van der Waals surface area contributed by atoms with Gasteiger partial charge in [0.05, 0.1) is 0 Å². The zero-order chi connectivity index (χ0) is 13.1. The molecule has 1 unspecified atom stereocenters. The molecule has 3 N–H and O–H groups in total. The molecule has 1 aliphatic heterocycles. The van der Waals surface area contributed by atoms with Crippen LogP contribution in [0.25, 0.3) is 0 Å². The van der Waals surface area contributed by atoms with E-state index in [1.807, 2.05) is 19.1 Å². The number of urea groups is 1. The van der Waals surface area contributed by atoms with Crippen molar-refractivity contribution in [2.45, 2.75) is 25.8 Å². The van der Waals surface area contributed by atoms with Gasteiger partial charge in [-0.2, -0.15) is 0 Å². The van der Waals surface area contributed by atoms with Crippen molar-refractivity contribution in [3.63, 3.8) is 0 Å². The monoisotopic (exact) mass is 267 g/mol. The molecule has 18 heavy (non-hydrogen) atoms. The van der Waals surface area contributed by atoms with Gasteiger partial charge in [0.15, 0.2) is 0 Å². The molecule has 1 fully saturated rings. The molecular weight excluding hydrogens is 250 g/mol. The zero-order valence-corrected chi connectivity index (χ0v) is 11.2. The molecule has 5 heteroatoms. The van der Waals surface area contributed by atoms with E-state index >= 15 is 0 Å². The first-order chi connectivity index (χ1) is 8.61. The number of nitrogens with one attached hydrogen (secondary N) is 1. The molecule has 1 aromatic rings. The molecular formula is C13H18ClN3O. The lowest BCUT2D eigenvalue weighted by molar-refractivity contribution is 0.208. The predicted molar refractivity (Wildman–Crippen MR) is 74.0 cm³/mol. The van der Waals surface area contributed by atoms with Crippen LogP contribution in [0.15, 0.2) is 18.2 Å². The highest BCUT2D eigenvalue weighted by Crippen LogP contribution is 2.22. The molecule has 2 rings (SSSR count). The zero-order valence-electron chi connectivity index (χ0n) is 10.4. The number of hydrogen-bond donors (Lipinski definition) is 2. The Kier molecular flexibility index (Phi) is 4.09. The summed E-state index contributed by atoms with van der Waals surface area (Å²) < 4.78 is 0. The van der Waals surface area contributed by atoms with E-state index in [1.165, 1.54) is 0 Å². The summed E-state index contributed by atoms with van der Waals surface area (Å²) in [5, 5.41) is 3.52. The van der Waals surface area contributed by atoms with Crippen molar-refractivity contribution in [2.24, 2.45) is 5.73 Å². The first-order valence-electron chi connectivity index (χ1n) is 6.15. The molecule has 1 atom stereocenters. The van der Waals surface area contributed by atoms with E-state index < -0.39 is 0 Å². The number of halogens is 1. The maximum atomic E-state index is 12.1. The molecule has 0 bridgehead atoms. The van der Waals surface area contributed by atoms with Crippen LogP contribution < -0.4 is 11.1 Å². The van der Waals surface area contributed by atoms with Crippen molar-refractivity contribution in [1.82, 2.24) is 4.90 Å². The highest BCUT2D eigenvalue weighted by Gasteiger charge is 2.27. The summed E-state index contributed by atoms with van der Waals surface area (Å²) in [6.07, 6.45) is 2.00. The fraction of sp³-hybridized carbons (Fsp3) is 0.462. The summed E-state index contributed by atoms with van der Waals surface area (Å²) in [7, 11) is 0. The molecule has 1 aromatic carbocycles. The van der Waals surface area contributed by atoms with Crippen molar-refractivity contribution in [2.75, 3.05) is 18.4 Å². The summed E-state index contributed by atoms with van der Waals surface area (Å²) in [6, 6.07) is 5.57. The van der Waals surface area contributed by atoms with Crippen LogP contribution in [-0.4, -0.2) is 30.1 Å². The first-order valence-corrected chi connectivity index (χ1v) is 6.53. The third-order valence-corrected chi connectivity index (χ3v) is 3.74. The summed E-state index contributed by atoms with van der Waals surface area (Å²) >= 11 is 6.03. The number of likely N-dealkylation sites (tertiary alicyclic amines) is 1. The fourth-order valence-corrected chi connectivity index (χ4v) is 2.39. The number of nitrogens with two attached hydrogens (primary N) is 1. The van der Waals surface area contributed by atoms with E-state index in [0.29, 0.717) is 11.6 Å². The van der Waals surface area contributed by atoms with Crippen molar-refractivity contribution >= 4 is 23.3 Å². The highest BCUT2D eigenvalue weighted by molar-refractivity contribution is 6.31. The Morgan fingerprint density at radius 3 is 3.06 bits per heavy atom. The minimum absolute atomic E-state index is 0.0946. The number of nitrogens with zero attached hydrogens (tertiary/aromatic N) is 1. The van der Waals surface area contributed by atoms with Gasteiger partial charge in [0.2, 0.25) is 0 Å². The lowest BCUT2D eigenvalue weighted by Gasteiger charge is -2.23. The van der Waals surface area contributed by atoms with Crippen molar-refractivity contribution in [3.05, 3.63) is 28.8 Å². The summed E-state index contributed by atoms with van der Waals surface area (Å²) in [5.41, 5.74) is 7.37. The van der Waals surface area contributed by atoms with Gasteiger partial charge >= 0.3 is 6.03 Å². The number of anilines is 1. The smallest absolute Gasteiger partial charge is 0.322 e. The number of rotatable bonds is 2. The summed E-state index contributed by atoms with van der Waals surface area (Å²) in [6.45, 7) is 3.22. The van der Waals surface area contributed by atoms with Gasteiger partial charge < -0.3 is 16.0 Å². The Balaban J connectivity index is 2.04. The molecule has 98 valence electrons. The second-order valence-electron chi connectivity index (χ2n) is 4.62. The van der Waals surface area contributed by atoms with Gasteiger partial charge in [-0.25, -0.2) is 4.79 Å². The van der Waals surface area contributed by atoms with Gasteiger partial charge in [-0.3, -0.25) is 0 Å². The van der Waals surface area contributed by atoms with Crippen LogP contribution in [0.4, 0.5) is 10.5 Å². The van der Waals surface area contributed by atoms with Gasteiger partial charge in [0.25, 0.3) is 0 Å². The molecule has 0 aliphatic carbocycles. The Labute approximate surface area is 112 Å². The Morgan fingerprint density at radius 1 is 1.61 bits per heavy atom. The van der Waals surface area contributed by atoms with Crippen molar-refractivity contribution in [1.29, 1.82) is 0 Å². The van der Waals surface area contributed by atoms with Crippen molar-refractivity contribution < 1.29 is 4.79 Å². The van der Waals surface area contributed by atoms with E-state index in [1.54, 1.807) is 11.0 Å². The predicted octanol–water partition coefficient (Wildman–Crippen LogP) is 2.60. The molecule has 1 aliphatic rings. The Morgan fingerprint density at radius 2 is 2.39 bits per heavy atom. The van der Waals surface area contributed by atoms with Gasteiger partial charge in [0.1, 0.15) is 0 Å². The van der Waals surface area contributed by atoms with E-state index in [0.717, 1.165) is 30.6 Å². The van der Waals surface area contributed by atoms with Crippen LogP contribution in [0.5, 0.6) is 0 Å². The average molecular weight is 268 g/mol. The lowest BCUT2D eigenvalue weighted by Crippen LogP contribution is -2.42. The molecule has 0 spiro atoms. The highest BCUT2D eigenvalue weighted by atomic mass is 35.5. The number of carbonyl (C=O) groups excluding carboxylic acids is 1. The average Bonchev–Trinajstić information content (AvgIpc) is 2.82. The minimum atomic E-state index is -0.0946. The van der Waals surface area contributed by atoms with Crippen molar-refractivity contribution in [3.8, 4) is 0 Å². The standard InChI is InChI=1S/C13H18ClN3O/c1-9-4-5-10(7-12(9)14)16-13(18)17-6-2-3-11(17)8-15/h4-5,7,11H,2-3,6,8,15H2,1H3,(H,16,18). The summed E-state index contributed by atoms with van der Waals surface area (Å²) in [4.78, 5) is 13.9. The first kappa shape index (κ1) is 13.2. The van der Waals surface area contributed by atoms with E-state index in [-0.39, 0.29) is 12.1 Å². The molecule has 0 radical (unpaired) electrons. The number of benzene rings is 1. The van der Waals surface area contributed by atoms with Crippen LogP contribution in [0, 0.1) is 6.92 Å². The van der Waals surface area contributed by atoms with Gasteiger partial charge in [-0.15, -0.1) is 0 Å². The minimum Gasteiger partial charge on any atom is -0.328 e. The van der Waals surface area contributed by atoms with Gasteiger partial charge in [0, 0.05) is 29.8 Å². The van der Waals surface area contributed by atoms with E-state index in [9.17, 15) is 4.79 Å². The maximum Gasteiger partial charge on any atom is 0.322 e. The molecule has 0 aromatic heterocycles. The number of hydrogen-bond acceptors (Lipinski definition) is 2. The topological polar surface area (TPSA) is 58.4 Å². The quantitative estimate of drug-likeness (QED) is 0.865.